The molecule has 0 aromatic heterocycles. The Morgan fingerprint density at radius 2 is 2.31 bits per heavy atom. The van der Waals surface area contributed by atoms with Crippen molar-refractivity contribution < 1.29 is 4.79 Å². The van der Waals surface area contributed by atoms with E-state index in [1.807, 2.05) is 25.1 Å². The van der Waals surface area contributed by atoms with E-state index in [1.54, 1.807) is 0 Å². The van der Waals surface area contributed by atoms with Gasteiger partial charge in [0, 0.05) is 4.47 Å². The number of hydrogen-bond acceptors (Lipinski definition) is 1. The van der Waals surface area contributed by atoms with Crippen molar-refractivity contribution in [2.45, 2.75) is 6.92 Å². The molecule has 1 aromatic rings. The van der Waals surface area contributed by atoms with Crippen molar-refractivity contribution in [1.82, 2.24) is 0 Å². The Hall–Kier alpha value is -1.09. The second-order valence-electron chi connectivity index (χ2n) is 2.68. The molecule has 0 aliphatic heterocycles. The van der Waals surface area contributed by atoms with Gasteiger partial charge in [-0.05, 0) is 46.6 Å². The Morgan fingerprint density at radius 3 is 2.92 bits per heavy atom. The van der Waals surface area contributed by atoms with Gasteiger partial charge in [-0.25, -0.2) is 0 Å². The Balaban J connectivity index is 2.93. The SMILES string of the molecule is C=CC(=O)Nc1cc(C)ccc1Br. The van der Waals surface area contributed by atoms with Gasteiger partial charge in [0.2, 0.25) is 5.91 Å². The van der Waals surface area contributed by atoms with Crippen LogP contribution in [-0.4, -0.2) is 5.91 Å². The zero-order valence-electron chi connectivity index (χ0n) is 7.30. The number of carbonyl (C=O) groups excluding carboxylic acids is 1. The zero-order chi connectivity index (χ0) is 9.84. The van der Waals surface area contributed by atoms with Gasteiger partial charge in [-0.1, -0.05) is 12.6 Å². The van der Waals surface area contributed by atoms with Crippen LogP contribution >= 0.6 is 15.9 Å². The Morgan fingerprint density at radius 1 is 1.62 bits per heavy atom. The molecule has 13 heavy (non-hydrogen) atoms. The molecule has 0 heterocycles. The van der Waals surface area contributed by atoms with E-state index in [-0.39, 0.29) is 5.91 Å². The molecule has 0 fully saturated rings. The smallest absolute Gasteiger partial charge is 0.247 e. The molecule has 3 heteroatoms. The predicted molar refractivity (Wildman–Crippen MR) is 57.7 cm³/mol. The highest BCUT2D eigenvalue weighted by atomic mass is 79.9. The van der Waals surface area contributed by atoms with Crippen LogP contribution in [0.3, 0.4) is 0 Å². The van der Waals surface area contributed by atoms with Gasteiger partial charge in [-0.15, -0.1) is 0 Å². The summed E-state index contributed by atoms with van der Waals surface area (Å²) in [5.41, 5.74) is 1.87. The summed E-state index contributed by atoms with van der Waals surface area (Å²) in [4.78, 5) is 11.0. The average Bonchev–Trinajstić information content (AvgIpc) is 2.11. The van der Waals surface area contributed by atoms with Crippen molar-refractivity contribution >= 4 is 27.5 Å². The van der Waals surface area contributed by atoms with Crippen molar-refractivity contribution in [2.75, 3.05) is 5.32 Å². The van der Waals surface area contributed by atoms with Crippen LogP contribution in [0, 0.1) is 6.92 Å². The van der Waals surface area contributed by atoms with Crippen molar-refractivity contribution in [2.24, 2.45) is 0 Å². The molecule has 2 nitrogen and oxygen atoms in total. The van der Waals surface area contributed by atoms with E-state index in [2.05, 4.69) is 27.8 Å². The van der Waals surface area contributed by atoms with Gasteiger partial charge in [0.05, 0.1) is 5.69 Å². The van der Waals surface area contributed by atoms with Crippen LogP contribution in [0.1, 0.15) is 5.56 Å². The minimum absolute atomic E-state index is 0.202. The van der Waals surface area contributed by atoms with E-state index in [9.17, 15) is 4.79 Å². The number of nitrogens with one attached hydrogen (secondary N) is 1. The molecular formula is C10H10BrNO. The van der Waals surface area contributed by atoms with Crippen LogP contribution in [0.15, 0.2) is 35.3 Å². The fourth-order valence-corrected chi connectivity index (χ4v) is 1.26. The first kappa shape index (κ1) is 9.99. The van der Waals surface area contributed by atoms with Gasteiger partial charge >= 0.3 is 0 Å². The molecule has 1 aromatic carbocycles. The summed E-state index contributed by atoms with van der Waals surface area (Å²) in [6.45, 7) is 5.35. The highest BCUT2D eigenvalue weighted by Gasteiger charge is 2.01. The van der Waals surface area contributed by atoms with Crippen molar-refractivity contribution in [3.8, 4) is 0 Å². The fourth-order valence-electron chi connectivity index (χ4n) is 0.919. The maximum Gasteiger partial charge on any atom is 0.247 e. The van der Waals surface area contributed by atoms with Gasteiger partial charge in [-0.3, -0.25) is 4.79 Å². The van der Waals surface area contributed by atoms with Crippen LogP contribution in [0.5, 0.6) is 0 Å². The number of carbonyl (C=O) groups is 1. The molecule has 0 atom stereocenters. The minimum Gasteiger partial charge on any atom is -0.321 e. The number of anilines is 1. The molecule has 1 N–H and O–H groups in total. The summed E-state index contributed by atoms with van der Waals surface area (Å²) in [6, 6.07) is 5.76. The summed E-state index contributed by atoms with van der Waals surface area (Å²) < 4.78 is 0.869. The summed E-state index contributed by atoms with van der Waals surface area (Å²) in [5.74, 6) is -0.202. The number of amides is 1. The average molecular weight is 240 g/mol. The lowest BCUT2D eigenvalue weighted by Gasteiger charge is -2.05. The lowest BCUT2D eigenvalue weighted by atomic mass is 10.2. The quantitative estimate of drug-likeness (QED) is 0.791. The van der Waals surface area contributed by atoms with Gasteiger partial charge < -0.3 is 5.32 Å². The molecule has 0 saturated heterocycles. The number of aryl methyl sites for hydroxylation is 1. The third-order valence-corrected chi connectivity index (χ3v) is 2.26. The number of hydrogen-bond donors (Lipinski definition) is 1. The molecule has 0 spiro atoms. The zero-order valence-corrected chi connectivity index (χ0v) is 8.89. The predicted octanol–water partition coefficient (Wildman–Crippen LogP) is 2.88. The minimum atomic E-state index is -0.202. The van der Waals surface area contributed by atoms with Crippen molar-refractivity contribution in [3.05, 3.63) is 40.9 Å². The summed E-state index contributed by atoms with van der Waals surface area (Å²) >= 11 is 3.34. The maximum atomic E-state index is 11.0. The first-order valence-corrected chi connectivity index (χ1v) is 4.62. The summed E-state index contributed by atoms with van der Waals surface area (Å²) in [7, 11) is 0. The van der Waals surface area contributed by atoms with Crippen LogP contribution < -0.4 is 5.32 Å². The summed E-state index contributed by atoms with van der Waals surface area (Å²) in [5, 5.41) is 2.70. The van der Waals surface area contributed by atoms with E-state index in [4.69, 9.17) is 0 Å². The molecule has 0 aliphatic rings. The topological polar surface area (TPSA) is 29.1 Å². The largest absolute Gasteiger partial charge is 0.321 e. The van der Waals surface area contributed by atoms with Gasteiger partial charge in [0.25, 0.3) is 0 Å². The molecule has 0 saturated carbocycles. The fraction of sp³-hybridized carbons (Fsp3) is 0.100. The van der Waals surface area contributed by atoms with Crippen LogP contribution in [0.4, 0.5) is 5.69 Å². The molecule has 68 valence electrons. The normalized spacial score (nSPS) is 9.38. The molecule has 0 bridgehead atoms. The number of halogens is 1. The van der Waals surface area contributed by atoms with E-state index in [0.29, 0.717) is 0 Å². The third-order valence-electron chi connectivity index (χ3n) is 1.57. The van der Waals surface area contributed by atoms with E-state index >= 15 is 0 Å². The molecule has 1 amide bonds. The number of rotatable bonds is 2. The van der Waals surface area contributed by atoms with Crippen molar-refractivity contribution in [3.63, 3.8) is 0 Å². The van der Waals surface area contributed by atoms with Gasteiger partial charge in [-0.2, -0.15) is 0 Å². The lowest BCUT2D eigenvalue weighted by molar-refractivity contribution is -0.111. The van der Waals surface area contributed by atoms with Gasteiger partial charge in [0.15, 0.2) is 0 Å². The summed E-state index contributed by atoms with van der Waals surface area (Å²) in [6.07, 6.45) is 1.24. The number of benzene rings is 1. The maximum absolute atomic E-state index is 11.0. The monoisotopic (exact) mass is 239 g/mol. The first-order valence-electron chi connectivity index (χ1n) is 3.83. The van der Waals surface area contributed by atoms with Crippen LogP contribution in [0.2, 0.25) is 0 Å². The van der Waals surface area contributed by atoms with E-state index < -0.39 is 0 Å². The molecule has 0 radical (unpaired) electrons. The molecule has 0 aliphatic carbocycles. The van der Waals surface area contributed by atoms with E-state index in [0.717, 1.165) is 15.7 Å². The Labute approximate surface area is 85.8 Å². The van der Waals surface area contributed by atoms with Gasteiger partial charge in [0.1, 0.15) is 0 Å². The van der Waals surface area contributed by atoms with Crippen LogP contribution in [-0.2, 0) is 4.79 Å². The molecular weight excluding hydrogens is 230 g/mol. The highest BCUT2D eigenvalue weighted by Crippen LogP contribution is 2.23. The standard InChI is InChI=1S/C10H10BrNO/c1-3-10(13)12-9-6-7(2)4-5-8(9)11/h3-6H,1H2,2H3,(H,12,13). The Bertz CT molecular complexity index is 347. The van der Waals surface area contributed by atoms with Crippen molar-refractivity contribution in [1.29, 1.82) is 0 Å². The Kier molecular flexibility index (Phi) is 3.25. The second-order valence-corrected chi connectivity index (χ2v) is 3.53. The highest BCUT2D eigenvalue weighted by molar-refractivity contribution is 9.10. The van der Waals surface area contributed by atoms with E-state index in [1.165, 1.54) is 6.08 Å². The molecule has 1 rings (SSSR count). The van der Waals surface area contributed by atoms with Crippen LogP contribution in [0.25, 0.3) is 0 Å². The second kappa shape index (κ2) is 4.23. The lowest BCUT2D eigenvalue weighted by Crippen LogP contribution is -2.07. The first-order chi connectivity index (χ1) is 6.13. The third kappa shape index (κ3) is 2.70. The molecule has 0 unspecified atom stereocenters.